The molecular weight excluding hydrogens is 1000 g/mol. The van der Waals surface area contributed by atoms with Crippen molar-refractivity contribution in [2.75, 3.05) is 4.90 Å². The molecule has 1 aliphatic rings. The van der Waals surface area contributed by atoms with Gasteiger partial charge in [-0.05, 0) is 177 Å². The SMILES string of the molecule is CC1(C)c2ccccc2-c2ccc(N(c3ccc(-c4ccccc4)cc3)c3ccc(-c4ccc5c(c4)c4ccccc4n5-c4ccc(-c5ccc(-c6cccc7ccccc67)c6c(-c7cccc8ccccc78)cccc56)cc4)cc3)cc21. The molecule has 0 spiro atoms. The standard InChI is InChI=1S/C81H56N2/c1-81(2)76-31-12-10-25-69(76)70-47-46-63(52-77(70)81)82(60-40-33-54(34-41-60)53-17-4-3-5-18-53)61-42-35-55(36-43-61)59-39-50-79-75(51-59)71-26-11-13-32-78(71)83(79)62-44-37-58(38-45-62)66-48-49-74(68-28-15-22-57-20-7-9-24-65(57)68)80-72(66)29-16-30-73(80)67-27-14-21-56-19-6-8-23-64(56)67/h3-52H,1-2H3. The van der Waals surface area contributed by atoms with Gasteiger partial charge < -0.3 is 9.47 Å². The highest BCUT2D eigenvalue weighted by molar-refractivity contribution is 6.17. The number of para-hydroxylation sites is 1. The lowest BCUT2D eigenvalue weighted by atomic mass is 9.82. The maximum absolute atomic E-state index is 2.43. The van der Waals surface area contributed by atoms with Gasteiger partial charge in [-0.3, -0.25) is 0 Å². The smallest absolute Gasteiger partial charge is 0.0541 e. The van der Waals surface area contributed by atoms with E-state index in [0.29, 0.717) is 0 Å². The number of rotatable bonds is 9. The molecule has 0 N–H and O–H groups in total. The molecule has 2 heteroatoms. The van der Waals surface area contributed by atoms with E-state index < -0.39 is 0 Å². The first-order valence-electron chi connectivity index (χ1n) is 28.9. The van der Waals surface area contributed by atoms with Crippen molar-refractivity contribution in [2.45, 2.75) is 19.3 Å². The minimum Gasteiger partial charge on any atom is -0.310 e. The van der Waals surface area contributed by atoms with Crippen LogP contribution in [0.1, 0.15) is 25.0 Å². The number of fused-ring (bicyclic) bond motifs is 9. The van der Waals surface area contributed by atoms with Crippen LogP contribution in [-0.4, -0.2) is 4.57 Å². The molecule has 0 atom stereocenters. The topological polar surface area (TPSA) is 8.17 Å². The van der Waals surface area contributed by atoms with E-state index in [1.807, 2.05) is 0 Å². The monoisotopic (exact) mass is 1060 g/mol. The predicted molar refractivity (Wildman–Crippen MR) is 353 cm³/mol. The zero-order valence-electron chi connectivity index (χ0n) is 46.3. The number of hydrogen-bond donors (Lipinski definition) is 0. The van der Waals surface area contributed by atoms with E-state index in [2.05, 4.69) is 327 Å². The van der Waals surface area contributed by atoms with Crippen LogP contribution in [-0.2, 0) is 5.41 Å². The van der Waals surface area contributed by atoms with E-state index in [9.17, 15) is 0 Å². The van der Waals surface area contributed by atoms with Crippen molar-refractivity contribution in [1.29, 1.82) is 0 Å². The van der Waals surface area contributed by atoms with Crippen molar-refractivity contribution in [3.05, 3.63) is 314 Å². The Morgan fingerprint density at radius 3 is 1.43 bits per heavy atom. The third kappa shape index (κ3) is 7.93. The molecule has 0 saturated carbocycles. The number of benzene rings is 14. The average Bonchev–Trinajstić information content (AvgIpc) is 2.96. The molecule has 0 fully saturated rings. The van der Waals surface area contributed by atoms with Crippen LogP contribution in [0.3, 0.4) is 0 Å². The Morgan fingerprint density at radius 1 is 0.265 bits per heavy atom. The van der Waals surface area contributed by atoms with E-state index in [1.165, 1.54) is 132 Å². The third-order valence-corrected chi connectivity index (χ3v) is 17.8. The van der Waals surface area contributed by atoms with Crippen LogP contribution in [0.4, 0.5) is 17.1 Å². The van der Waals surface area contributed by atoms with Gasteiger partial charge in [0.15, 0.2) is 0 Å². The maximum atomic E-state index is 2.43. The summed E-state index contributed by atoms with van der Waals surface area (Å²) in [5.41, 5.74) is 24.2. The summed E-state index contributed by atoms with van der Waals surface area (Å²) in [4.78, 5) is 2.41. The summed E-state index contributed by atoms with van der Waals surface area (Å²) in [6.45, 7) is 4.72. The summed E-state index contributed by atoms with van der Waals surface area (Å²) in [6, 6.07) is 112. The van der Waals surface area contributed by atoms with Gasteiger partial charge in [0.1, 0.15) is 0 Å². The van der Waals surface area contributed by atoms with Gasteiger partial charge in [0.05, 0.1) is 11.0 Å². The highest BCUT2D eigenvalue weighted by atomic mass is 15.1. The van der Waals surface area contributed by atoms with Crippen molar-refractivity contribution in [2.24, 2.45) is 0 Å². The Hall–Kier alpha value is -10.5. The highest BCUT2D eigenvalue weighted by Crippen LogP contribution is 2.51. The van der Waals surface area contributed by atoms with E-state index >= 15 is 0 Å². The molecule has 0 unspecified atom stereocenters. The second-order valence-electron chi connectivity index (χ2n) is 22.8. The van der Waals surface area contributed by atoms with Gasteiger partial charge in [-0.2, -0.15) is 0 Å². The first-order chi connectivity index (χ1) is 40.9. The molecule has 0 bridgehead atoms. The van der Waals surface area contributed by atoms with Crippen molar-refractivity contribution < 1.29 is 0 Å². The molecule has 0 aliphatic heterocycles. The molecule has 390 valence electrons. The Balaban J connectivity index is 0.768. The van der Waals surface area contributed by atoms with Crippen LogP contribution in [0.15, 0.2) is 303 Å². The number of hydrogen-bond acceptors (Lipinski definition) is 1. The fraction of sp³-hybridized carbons (Fsp3) is 0.0370. The summed E-state index contributed by atoms with van der Waals surface area (Å²) in [5, 5.41) is 9.93. The molecule has 1 heterocycles. The Kier molecular flexibility index (Phi) is 11.3. The van der Waals surface area contributed by atoms with Gasteiger partial charge in [0.2, 0.25) is 0 Å². The third-order valence-electron chi connectivity index (χ3n) is 17.8. The fourth-order valence-electron chi connectivity index (χ4n) is 13.8. The van der Waals surface area contributed by atoms with Gasteiger partial charge in [-0.15, -0.1) is 0 Å². The minimum absolute atomic E-state index is 0.119. The fourth-order valence-corrected chi connectivity index (χ4v) is 13.8. The Morgan fingerprint density at radius 2 is 0.723 bits per heavy atom. The number of aromatic nitrogens is 1. The second kappa shape index (κ2) is 19.3. The summed E-state index contributed by atoms with van der Waals surface area (Å²) < 4.78 is 2.43. The van der Waals surface area contributed by atoms with Crippen LogP contribution in [0, 0.1) is 0 Å². The van der Waals surface area contributed by atoms with E-state index in [0.717, 1.165) is 22.7 Å². The molecule has 1 aliphatic carbocycles. The van der Waals surface area contributed by atoms with E-state index in [-0.39, 0.29) is 5.41 Å². The zero-order valence-corrected chi connectivity index (χ0v) is 46.3. The lowest BCUT2D eigenvalue weighted by Crippen LogP contribution is -2.16. The van der Waals surface area contributed by atoms with Gasteiger partial charge >= 0.3 is 0 Å². The van der Waals surface area contributed by atoms with Crippen LogP contribution in [0.5, 0.6) is 0 Å². The molecular formula is C81H56N2. The van der Waals surface area contributed by atoms with Gasteiger partial charge in [0, 0.05) is 38.9 Å². The predicted octanol–water partition coefficient (Wildman–Crippen LogP) is 22.4. The van der Waals surface area contributed by atoms with Gasteiger partial charge in [0.25, 0.3) is 0 Å². The molecule has 0 amide bonds. The first-order valence-corrected chi connectivity index (χ1v) is 28.9. The highest BCUT2D eigenvalue weighted by Gasteiger charge is 2.36. The largest absolute Gasteiger partial charge is 0.310 e. The molecule has 15 aromatic rings. The van der Waals surface area contributed by atoms with Crippen molar-refractivity contribution in [3.8, 4) is 72.4 Å². The quantitative estimate of drug-likeness (QED) is 0.140. The van der Waals surface area contributed by atoms with Crippen molar-refractivity contribution in [3.63, 3.8) is 0 Å². The molecule has 16 rings (SSSR count). The van der Waals surface area contributed by atoms with Crippen molar-refractivity contribution >= 4 is 71.2 Å². The normalized spacial score (nSPS) is 12.6. The molecule has 14 aromatic carbocycles. The Labute approximate surface area is 484 Å². The summed E-state index contributed by atoms with van der Waals surface area (Å²) in [7, 11) is 0. The van der Waals surface area contributed by atoms with Gasteiger partial charge in [-0.25, -0.2) is 0 Å². The molecule has 0 saturated heterocycles. The van der Waals surface area contributed by atoms with E-state index in [4.69, 9.17) is 0 Å². The summed E-state index contributed by atoms with van der Waals surface area (Å²) in [6.07, 6.45) is 0. The minimum atomic E-state index is -0.119. The lowest BCUT2D eigenvalue weighted by Gasteiger charge is -2.28. The second-order valence-corrected chi connectivity index (χ2v) is 22.8. The maximum Gasteiger partial charge on any atom is 0.0541 e. The Bertz CT molecular complexity index is 4930. The average molecular weight is 1060 g/mol. The van der Waals surface area contributed by atoms with Gasteiger partial charge in [-0.1, -0.05) is 250 Å². The number of nitrogens with zero attached hydrogens (tertiary/aromatic N) is 2. The molecule has 1 aromatic heterocycles. The van der Waals surface area contributed by atoms with Crippen LogP contribution in [0.25, 0.3) is 127 Å². The lowest BCUT2D eigenvalue weighted by molar-refractivity contribution is 0.660. The van der Waals surface area contributed by atoms with Crippen LogP contribution >= 0.6 is 0 Å². The zero-order chi connectivity index (χ0) is 55.2. The summed E-state index contributed by atoms with van der Waals surface area (Å²) in [5.74, 6) is 0. The van der Waals surface area contributed by atoms with Crippen molar-refractivity contribution in [1.82, 2.24) is 4.57 Å². The summed E-state index contributed by atoms with van der Waals surface area (Å²) >= 11 is 0. The van der Waals surface area contributed by atoms with Crippen LogP contribution < -0.4 is 4.90 Å². The molecule has 2 nitrogen and oxygen atoms in total. The molecule has 0 radical (unpaired) electrons. The number of anilines is 3. The van der Waals surface area contributed by atoms with Crippen LogP contribution in [0.2, 0.25) is 0 Å². The van der Waals surface area contributed by atoms with E-state index in [1.54, 1.807) is 0 Å². The first kappa shape index (κ1) is 48.4. The molecule has 83 heavy (non-hydrogen) atoms.